The number of nitrogens with one attached hydrogen (secondary N) is 1. The summed E-state index contributed by atoms with van der Waals surface area (Å²) in [6, 6.07) is 6.08. The van der Waals surface area contributed by atoms with E-state index in [1.165, 1.54) is 11.0 Å². The van der Waals surface area contributed by atoms with Crippen molar-refractivity contribution in [3.63, 3.8) is 0 Å². The van der Waals surface area contributed by atoms with Crippen LogP contribution in [-0.4, -0.2) is 37.3 Å². The molecule has 0 bridgehead atoms. The molecule has 0 unspecified atom stereocenters. The molecule has 0 aliphatic carbocycles. The minimum absolute atomic E-state index is 0.213. The quantitative estimate of drug-likeness (QED) is 0.794. The molecule has 0 atom stereocenters. The molecule has 0 heterocycles. The third-order valence-electron chi connectivity index (χ3n) is 2.47. The van der Waals surface area contributed by atoms with Gasteiger partial charge in [0.2, 0.25) is 0 Å². The second-order valence-electron chi connectivity index (χ2n) is 3.89. The molecule has 102 valence electrons. The largest absolute Gasteiger partial charge is 0.401 e. The Morgan fingerprint density at radius 1 is 1.22 bits per heavy atom. The Labute approximate surface area is 104 Å². The van der Waals surface area contributed by atoms with Crippen LogP contribution in [0.3, 0.4) is 0 Å². The first-order chi connectivity index (χ1) is 8.42. The number of likely N-dealkylation sites (N-methyl/N-ethyl adjacent to an activating group) is 1. The van der Waals surface area contributed by atoms with Crippen LogP contribution >= 0.6 is 0 Å². The van der Waals surface area contributed by atoms with Crippen LogP contribution < -0.4 is 5.32 Å². The molecule has 0 spiro atoms. The second kappa shape index (κ2) is 6.58. The van der Waals surface area contributed by atoms with E-state index < -0.39 is 18.5 Å². The molecule has 0 radical (unpaired) electrons. The fourth-order valence-corrected chi connectivity index (χ4v) is 1.56. The van der Waals surface area contributed by atoms with E-state index in [0.717, 1.165) is 0 Å². The van der Waals surface area contributed by atoms with E-state index in [1.54, 1.807) is 25.1 Å². The van der Waals surface area contributed by atoms with Crippen molar-refractivity contribution < 1.29 is 17.6 Å². The molecule has 1 N–H and O–H groups in total. The van der Waals surface area contributed by atoms with Gasteiger partial charge in [0.25, 0.3) is 0 Å². The number of rotatable bonds is 6. The van der Waals surface area contributed by atoms with Crippen molar-refractivity contribution in [1.82, 2.24) is 4.90 Å². The van der Waals surface area contributed by atoms with Crippen LogP contribution in [0.5, 0.6) is 0 Å². The lowest BCUT2D eigenvalue weighted by molar-refractivity contribution is -0.145. The molecule has 0 amide bonds. The van der Waals surface area contributed by atoms with Gasteiger partial charge in [0.05, 0.1) is 12.2 Å². The monoisotopic (exact) mass is 264 g/mol. The summed E-state index contributed by atoms with van der Waals surface area (Å²) in [6.45, 7) is 1.50. The number of nitrogens with zero attached hydrogens (tertiary/aromatic N) is 1. The lowest BCUT2D eigenvalue weighted by atomic mass is 10.3. The van der Waals surface area contributed by atoms with Gasteiger partial charge >= 0.3 is 6.18 Å². The average molecular weight is 264 g/mol. The number of para-hydroxylation sites is 1. The van der Waals surface area contributed by atoms with E-state index in [9.17, 15) is 17.6 Å². The normalized spacial score (nSPS) is 11.9. The summed E-state index contributed by atoms with van der Waals surface area (Å²) in [5, 5.41) is 2.78. The van der Waals surface area contributed by atoms with E-state index in [-0.39, 0.29) is 13.1 Å². The van der Waals surface area contributed by atoms with Crippen LogP contribution in [0, 0.1) is 5.82 Å². The fraction of sp³-hybridized carbons (Fsp3) is 0.500. The zero-order valence-electron chi connectivity index (χ0n) is 10.1. The van der Waals surface area contributed by atoms with Crippen LogP contribution in [0.15, 0.2) is 24.3 Å². The summed E-state index contributed by atoms with van der Waals surface area (Å²) in [4.78, 5) is 1.26. The van der Waals surface area contributed by atoms with Crippen LogP contribution in [0.1, 0.15) is 6.92 Å². The Hall–Kier alpha value is -1.30. The highest BCUT2D eigenvalue weighted by Crippen LogP contribution is 2.16. The Bertz CT molecular complexity index is 365. The molecule has 18 heavy (non-hydrogen) atoms. The lowest BCUT2D eigenvalue weighted by Gasteiger charge is -2.22. The van der Waals surface area contributed by atoms with Crippen molar-refractivity contribution in [2.24, 2.45) is 0 Å². The first-order valence-electron chi connectivity index (χ1n) is 5.70. The van der Waals surface area contributed by atoms with E-state index >= 15 is 0 Å². The molecule has 0 saturated carbocycles. The fourth-order valence-electron chi connectivity index (χ4n) is 1.56. The maximum Gasteiger partial charge on any atom is 0.401 e. The summed E-state index contributed by atoms with van der Waals surface area (Å²) in [5.74, 6) is -0.406. The standard InChI is InChI=1S/C12H16F4N2/c1-2-18(9-12(14,15)16)8-7-17-11-6-4-3-5-10(11)13/h3-6,17H,2,7-9H2,1H3. The minimum Gasteiger partial charge on any atom is -0.381 e. The van der Waals surface area contributed by atoms with Gasteiger partial charge in [-0.05, 0) is 18.7 Å². The number of hydrogen-bond donors (Lipinski definition) is 1. The van der Waals surface area contributed by atoms with E-state index in [0.29, 0.717) is 12.2 Å². The van der Waals surface area contributed by atoms with Crippen LogP contribution in [0.4, 0.5) is 23.2 Å². The predicted molar refractivity (Wildman–Crippen MR) is 63.1 cm³/mol. The Kier molecular flexibility index (Phi) is 5.40. The predicted octanol–water partition coefficient (Wildman–Crippen LogP) is 3.12. The third-order valence-corrected chi connectivity index (χ3v) is 2.47. The zero-order valence-corrected chi connectivity index (χ0v) is 10.1. The molecule has 0 fully saturated rings. The second-order valence-corrected chi connectivity index (χ2v) is 3.89. The van der Waals surface area contributed by atoms with Gasteiger partial charge in [-0.2, -0.15) is 13.2 Å². The molecule has 0 aliphatic heterocycles. The molecule has 0 aromatic heterocycles. The third kappa shape index (κ3) is 5.35. The number of benzene rings is 1. The Morgan fingerprint density at radius 2 is 1.89 bits per heavy atom. The number of anilines is 1. The SMILES string of the molecule is CCN(CCNc1ccccc1F)CC(F)(F)F. The van der Waals surface area contributed by atoms with Gasteiger partial charge in [0, 0.05) is 13.1 Å². The summed E-state index contributed by atoms with van der Waals surface area (Å²) in [6.07, 6.45) is -4.20. The summed E-state index contributed by atoms with van der Waals surface area (Å²) in [7, 11) is 0. The molecule has 0 saturated heterocycles. The molecule has 6 heteroatoms. The van der Waals surface area contributed by atoms with Crippen molar-refractivity contribution in [2.75, 3.05) is 31.5 Å². The molecule has 2 nitrogen and oxygen atoms in total. The van der Waals surface area contributed by atoms with Gasteiger partial charge in [-0.15, -0.1) is 0 Å². The number of hydrogen-bond acceptors (Lipinski definition) is 2. The molecule has 0 aliphatic rings. The number of halogens is 4. The van der Waals surface area contributed by atoms with Crippen molar-refractivity contribution in [2.45, 2.75) is 13.1 Å². The highest BCUT2D eigenvalue weighted by molar-refractivity contribution is 5.44. The van der Waals surface area contributed by atoms with E-state index in [4.69, 9.17) is 0 Å². The highest BCUT2D eigenvalue weighted by Gasteiger charge is 2.29. The number of alkyl halides is 3. The van der Waals surface area contributed by atoms with Crippen molar-refractivity contribution in [3.8, 4) is 0 Å². The van der Waals surface area contributed by atoms with Gasteiger partial charge in [0.1, 0.15) is 5.82 Å². The zero-order chi connectivity index (χ0) is 13.6. The van der Waals surface area contributed by atoms with Gasteiger partial charge in [-0.25, -0.2) is 4.39 Å². The summed E-state index contributed by atoms with van der Waals surface area (Å²) >= 11 is 0. The first kappa shape index (κ1) is 14.8. The molecular weight excluding hydrogens is 248 g/mol. The van der Waals surface area contributed by atoms with Crippen LogP contribution in [0.25, 0.3) is 0 Å². The van der Waals surface area contributed by atoms with Gasteiger partial charge in [-0.1, -0.05) is 19.1 Å². The first-order valence-corrected chi connectivity index (χ1v) is 5.70. The van der Waals surface area contributed by atoms with Gasteiger partial charge in [-0.3, -0.25) is 4.90 Å². The smallest absolute Gasteiger partial charge is 0.381 e. The lowest BCUT2D eigenvalue weighted by Crippen LogP contribution is -2.37. The molecular formula is C12H16F4N2. The topological polar surface area (TPSA) is 15.3 Å². The molecule has 1 rings (SSSR count). The Balaban J connectivity index is 2.38. The van der Waals surface area contributed by atoms with Gasteiger partial charge < -0.3 is 5.32 Å². The van der Waals surface area contributed by atoms with Crippen LogP contribution in [-0.2, 0) is 0 Å². The average Bonchev–Trinajstić information content (AvgIpc) is 2.28. The minimum atomic E-state index is -4.20. The maximum absolute atomic E-state index is 13.2. The molecule has 1 aromatic carbocycles. The van der Waals surface area contributed by atoms with Crippen LogP contribution in [0.2, 0.25) is 0 Å². The van der Waals surface area contributed by atoms with Crippen molar-refractivity contribution in [3.05, 3.63) is 30.1 Å². The Morgan fingerprint density at radius 3 is 2.44 bits per heavy atom. The summed E-state index contributed by atoms with van der Waals surface area (Å²) < 4.78 is 49.8. The van der Waals surface area contributed by atoms with Crippen molar-refractivity contribution >= 4 is 5.69 Å². The van der Waals surface area contributed by atoms with Crippen molar-refractivity contribution in [1.29, 1.82) is 0 Å². The van der Waals surface area contributed by atoms with E-state index in [2.05, 4.69) is 5.32 Å². The van der Waals surface area contributed by atoms with Gasteiger partial charge in [0.15, 0.2) is 0 Å². The van der Waals surface area contributed by atoms with E-state index in [1.807, 2.05) is 0 Å². The highest BCUT2D eigenvalue weighted by atomic mass is 19.4. The summed E-state index contributed by atoms with van der Waals surface area (Å²) in [5.41, 5.74) is 0.306. The maximum atomic E-state index is 13.2. The molecule has 1 aromatic rings.